The lowest BCUT2D eigenvalue weighted by Gasteiger charge is -2.17. The summed E-state index contributed by atoms with van der Waals surface area (Å²) >= 11 is 0. The molecule has 0 amide bonds. The fraction of sp³-hybridized carbons (Fsp3) is 0.750. The van der Waals surface area contributed by atoms with Gasteiger partial charge in [0.25, 0.3) is 0 Å². The third-order valence-electron chi connectivity index (χ3n) is 2.18. The minimum atomic E-state index is 0.248. The van der Waals surface area contributed by atoms with E-state index < -0.39 is 0 Å². The summed E-state index contributed by atoms with van der Waals surface area (Å²) in [5.74, 6) is 0. The van der Waals surface area contributed by atoms with E-state index in [1.807, 2.05) is 0 Å². The molecular weight excluding hydrogens is 126 g/mol. The first-order valence-electron chi connectivity index (χ1n) is 3.94. The maximum absolute atomic E-state index is 5.57. The molecule has 3 atom stereocenters. The Kier molecular flexibility index (Phi) is 1.51. The molecule has 2 nitrogen and oxygen atoms in total. The quantitative estimate of drug-likeness (QED) is 0.506. The number of allylic oxidation sites excluding steroid dienone is 1. The van der Waals surface area contributed by atoms with Crippen molar-refractivity contribution in [2.45, 2.75) is 38.1 Å². The lowest BCUT2D eigenvalue weighted by Crippen LogP contribution is -2.32. The minimum absolute atomic E-state index is 0.248. The van der Waals surface area contributed by atoms with Gasteiger partial charge in [0.1, 0.15) is 6.23 Å². The van der Waals surface area contributed by atoms with Crippen molar-refractivity contribution in [3.63, 3.8) is 0 Å². The molecule has 0 aromatic carbocycles. The fourth-order valence-electron chi connectivity index (χ4n) is 1.70. The summed E-state index contributed by atoms with van der Waals surface area (Å²) < 4.78 is 5.57. The summed E-state index contributed by atoms with van der Waals surface area (Å²) in [7, 11) is 0. The van der Waals surface area contributed by atoms with E-state index in [9.17, 15) is 0 Å². The molecule has 1 fully saturated rings. The summed E-state index contributed by atoms with van der Waals surface area (Å²) in [5, 5.41) is 3.38. The zero-order valence-electron chi connectivity index (χ0n) is 6.21. The summed E-state index contributed by atoms with van der Waals surface area (Å²) in [6.07, 6.45) is 7.41. The number of hydrogen-bond acceptors (Lipinski definition) is 2. The molecule has 0 aromatic heterocycles. The second-order valence-corrected chi connectivity index (χ2v) is 3.02. The normalized spacial score (nSPS) is 45.5. The number of hydrogen-bond donors (Lipinski definition) is 1. The van der Waals surface area contributed by atoms with Crippen LogP contribution in [-0.2, 0) is 4.74 Å². The lowest BCUT2D eigenvalue weighted by atomic mass is 10.0. The summed E-state index contributed by atoms with van der Waals surface area (Å²) in [6, 6.07) is 0.583. The van der Waals surface area contributed by atoms with Gasteiger partial charge in [-0.2, -0.15) is 0 Å². The number of nitrogens with one attached hydrogen (secondary N) is 1. The molecule has 1 aliphatic carbocycles. The summed E-state index contributed by atoms with van der Waals surface area (Å²) in [6.45, 7) is 2.06. The van der Waals surface area contributed by atoms with Crippen LogP contribution in [0.15, 0.2) is 12.2 Å². The van der Waals surface area contributed by atoms with Crippen LogP contribution in [0.2, 0.25) is 0 Å². The van der Waals surface area contributed by atoms with Crippen molar-refractivity contribution >= 4 is 0 Å². The Morgan fingerprint density at radius 1 is 1.60 bits per heavy atom. The van der Waals surface area contributed by atoms with Gasteiger partial charge in [-0.25, -0.2) is 0 Å². The molecule has 1 heterocycles. The van der Waals surface area contributed by atoms with E-state index in [2.05, 4.69) is 24.4 Å². The van der Waals surface area contributed by atoms with Crippen LogP contribution in [-0.4, -0.2) is 18.4 Å². The zero-order chi connectivity index (χ0) is 6.97. The van der Waals surface area contributed by atoms with Crippen LogP contribution in [0.1, 0.15) is 19.8 Å². The maximum atomic E-state index is 5.57. The Hall–Kier alpha value is -0.340. The van der Waals surface area contributed by atoms with Gasteiger partial charge in [-0.1, -0.05) is 12.2 Å². The van der Waals surface area contributed by atoms with Crippen molar-refractivity contribution in [2.75, 3.05) is 0 Å². The van der Waals surface area contributed by atoms with Crippen molar-refractivity contribution in [3.8, 4) is 0 Å². The van der Waals surface area contributed by atoms with Gasteiger partial charge in [0.15, 0.2) is 0 Å². The Labute approximate surface area is 61.3 Å². The van der Waals surface area contributed by atoms with Crippen molar-refractivity contribution in [1.29, 1.82) is 0 Å². The first-order chi connectivity index (χ1) is 4.86. The summed E-state index contributed by atoms with van der Waals surface area (Å²) in [4.78, 5) is 0. The predicted molar refractivity (Wildman–Crippen MR) is 39.6 cm³/mol. The largest absolute Gasteiger partial charge is 0.355 e. The highest BCUT2D eigenvalue weighted by molar-refractivity contribution is 5.04. The monoisotopic (exact) mass is 139 g/mol. The first-order valence-corrected chi connectivity index (χ1v) is 3.94. The lowest BCUT2D eigenvalue weighted by molar-refractivity contribution is 0.0727. The molecule has 1 aliphatic heterocycles. The second-order valence-electron chi connectivity index (χ2n) is 3.02. The topological polar surface area (TPSA) is 21.3 Å². The van der Waals surface area contributed by atoms with Crippen molar-refractivity contribution in [3.05, 3.63) is 12.2 Å². The van der Waals surface area contributed by atoms with Gasteiger partial charge in [-0.05, 0) is 19.8 Å². The first kappa shape index (κ1) is 6.38. The van der Waals surface area contributed by atoms with Gasteiger partial charge >= 0.3 is 0 Å². The summed E-state index contributed by atoms with van der Waals surface area (Å²) in [5.41, 5.74) is 0. The van der Waals surface area contributed by atoms with Gasteiger partial charge in [-0.3, -0.25) is 5.32 Å². The van der Waals surface area contributed by atoms with E-state index in [-0.39, 0.29) is 6.23 Å². The Morgan fingerprint density at radius 2 is 2.50 bits per heavy atom. The highest BCUT2D eigenvalue weighted by Crippen LogP contribution is 2.21. The molecule has 3 unspecified atom stereocenters. The van der Waals surface area contributed by atoms with E-state index in [4.69, 9.17) is 4.74 Å². The average Bonchev–Trinajstić information content (AvgIpc) is 2.27. The average molecular weight is 139 g/mol. The number of rotatable bonds is 0. The molecule has 0 aromatic rings. The van der Waals surface area contributed by atoms with E-state index in [0.717, 1.165) is 0 Å². The van der Waals surface area contributed by atoms with Crippen molar-refractivity contribution in [1.82, 2.24) is 5.32 Å². The molecule has 2 aliphatic rings. The third kappa shape index (κ3) is 0.976. The number of fused-ring (bicyclic) bond motifs is 1. The second kappa shape index (κ2) is 2.36. The molecule has 2 rings (SSSR count). The number of ether oxygens (including phenoxy) is 1. The maximum Gasteiger partial charge on any atom is 0.106 e. The fourth-order valence-corrected chi connectivity index (χ4v) is 1.70. The molecule has 56 valence electrons. The molecule has 2 heteroatoms. The standard InChI is InChI=1S/C8H13NO/c1-6-9-7-4-2-3-5-8(7)10-6/h3,5-9H,2,4H2,1H3. The van der Waals surface area contributed by atoms with Crippen LogP contribution in [0.4, 0.5) is 0 Å². The molecule has 0 saturated carbocycles. The van der Waals surface area contributed by atoms with Crippen LogP contribution in [0.5, 0.6) is 0 Å². The molecule has 10 heavy (non-hydrogen) atoms. The predicted octanol–water partition coefficient (Wildman–Crippen LogP) is 1.04. The Morgan fingerprint density at radius 3 is 3.30 bits per heavy atom. The SMILES string of the molecule is CC1NC2CCC=CC2O1. The van der Waals surface area contributed by atoms with Gasteiger partial charge in [0, 0.05) is 6.04 Å². The van der Waals surface area contributed by atoms with Crippen LogP contribution < -0.4 is 5.32 Å². The third-order valence-corrected chi connectivity index (χ3v) is 2.18. The molecule has 1 N–H and O–H groups in total. The smallest absolute Gasteiger partial charge is 0.106 e. The highest BCUT2D eigenvalue weighted by Gasteiger charge is 2.30. The van der Waals surface area contributed by atoms with Crippen LogP contribution in [0, 0.1) is 0 Å². The highest BCUT2D eigenvalue weighted by atomic mass is 16.5. The van der Waals surface area contributed by atoms with E-state index in [1.54, 1.807) is 0 Å². The minimum Gasteiger partial charge on any atom is -0.355 e. The molecular formula is C8H13NO. The van der Waals surface area contributed by atoms with Crippen LogP contribution >= 0.6 is 0 Å². The molecule has 1 saturated heterocycles. The van der Waals surface area contributed by atoms with E-state index in [1.165, 1.54) is 12.8 Å². The zero-order valence-corrected chi connectivity index (χ0v) is 6.21. The van der Waals surface area contributed by atoms with Gasteiger partial charge < -0.3 is 4.74 Å². The van der Waals surface area contributed by atoms with Gasteiger partial charge in [0.2, 0.25) is 0 Å². The van der Waals surface area contributed by atoms with Crippen LogP contribution in [0.25, 0.3) is 0 Å². The molecule has 0 bridgehead atoms. The molecule has 0 radical (unpaired) electrons. The Bertz CT molecular complexity index is 155. The molecule has 0 spiro atoms. The van der Waals surface area contributed by atoms with Crippen molar-refractivity contribution in [2.24, 2.45) is 0 Å². The van der Waals surface area contributed by atoms with Crippen LogP contribution in [0.3, 0.4) is 0 Å². The van der Waals surface area contributed by atoms with Crippen molar-refractivity contribution < 1.29 is 4.74 Å². The Balaban J connectivity index is 2.08. The van der Waals surface area contributed by atoms with E-state index in [0.29, 0.717) is 12.1 Å². The van der Waals surface area contributed by atoms with Gasteiger partial charge in [0.05, 0.1) is 6.10 Å². The van der Waals surface area contributed by atoms with E-state index >= 15 is 0 Å². The van der Waals surface area contributed by atoms with Gasteiger partial charge in [-0.15, -0.1) is 0 Å².